The van der Waals surface area contributed by atoms with Gasteiger partial charge in [-0.3, -0.25) is 0 Å². The molecule has 17 heavy (non-hydrogen) atoms. The van der Waals surface area contributed by atoms with E-state index in [1.54, 1.807) is 0 Å². The standard InChI is InChI=1S/C15H22O2/c1-4-8-12(2)14-16-11-15(3,17-14)13-9-6-5-7-10-13/h5-7,9-10,12,14H,4,8,11H2,1-3H3. The molecule has 1 saturated heterocycles. The van der Waals surface area contributed by atoms with Crippen LogP contribution in [0, 0.1) is 5.92 Å². The summed E-state index contributed by atoms with van der Waals surface area (Å²) in [6, 6.07) is 10.3. The summed E-state index contributed by atoms with van der Waals surface area (Å²) in [5.41, 5.74) is 0.916. The van der Waals surface area contributed by atoms with Gasteiger partial charge in [-0.2, -0.15) is 0 Å². The molecule has 0 radical (unpaired) electrons. The second-order valence-corrected chi connectivity index (χ2v) is 5.16. The van der Waals surface area contributed by atoms with Gasteiger partial charge >= 0.3 is 0 Å². The van der Waals surface area contributed by atoms with Crippen LogP contribution in [0.2, 0.25) is 0 Å². The third-order valence-corrected chi connectivity index (χ3v) is 3.49. The Bertz CT molecular complexity index is 349. The minimum Gasteiger partial charge on any atom is -0.349 e. The van der Waals surface area contributed by atoms with Gasteiger partial charge in [0.25, 0.3) is 0 Å². The van der Waals surface area contributed by atoms with E-state index in [9.17, 15) is 0 Å². The monoisotopic (exact) mass is 234 g/mol. The maximum atomic E-state index is 6.13. The van der Waals surface area contributed by atoms with Gasteiger partial charge in [0.15, 0.2) is 6.29 Å². The van der Waals surface area contributed by atoms with Crippen molar-refractivity contribution in [3.63, 3.8) is 0 Å². The predicted octanol–water partition coefficient (Wildman–Crippen LogP) is 3.71. The Labute approximate surface area is 104 Å². The van der Waals surface area contributed by atoms with Gasteiger partial charge in [0.1, 0.15) is 5.60 Å². The van der Waals surface area contributed by atoms with Crippen molar-refractivity contribution in [2.75, 3.05) is 6.61 Å². The molecule has 0 aliphatic carbocycles. The molecule has 1 aliphatic rings. The van der Waals surface area contributed by atoms with Gasteiger partial charge in [-0.25, -0.2) is 0 Å². The number of rotatable bonds is 4. The van der Waals surface area contributed by atoms with Crippen LogP contribution in [-0.2, 0) is 15.1 Å². The molecule has 1 aromatic carbocycles. The fraction of sp³-hybridized carbons (Fsp3) is 0.600. The van der Waals surface area contributed by atoms with Crippen molar-refractivity contribution >= 4 is 0 Å². The maximum Gasteiger partial charge on any atom is 0.161 e. The minimum atomic E-state index is -0.284. The van der Waals surface area contributed by atoms with Gasteiger partial charge in [0.05, 0.1) is 6.61 Å². The van der Waals surface area contributed by atoms with Gasteiger partial charge in [0.2, 0.25) is 0 Å². The van der Waals surface area contributed by atoms with E-state index in [-0.39, 0.29) is 11.9 Å². The Hall–Kier alpha value is -0.860. The lowest BCUT2D eigenvalue weighted by Gasteiger charge is -2.24. The minimum absolute atomic E-state index is 0.0554. The van der Waals surface area contributed by atoms with Crippen LogP contribution in [0.3, 0.4) is 0 Å². The van der Waals surface area contributed by atoms with Crippen molar-refractivity contribution in [2.24, 2.45) is 5.92 Å². The summed E-state index contributed by atoms with van der Waals surface area (Å²) in [7, 11) is 0. The summed E-state index contributed by atoms with van der Waals surface area (Å²) < 4.78 is 11.9. The lowest BCUT2D eigenvalue weighted by Crippen LogP contribution is -2.27. The van der Waals surface area contributed by atoms with Crippen molar-refractivity contribution in [3.05, 3.63) is 35.9 Å². The SMILES string of the molecule is CCCC(C)C1OCC(C)(c2ccccc2)O1. The molecule has 2 nitrogen and oxygen atoms in total. The molecule has 0 spiro atoms. The molecule has 1 fully saturated rings. The van der Waals surface area contributed by atoms with Gasteiger partial charge in [-0.15, -0.1) is 0 Å². The fourth-order valence-electron chi connectivity index (χ4n) is 2.38. The lowest BCUT2D eigenvalue weighted by molar-refractivity contribution is -0.117. The second kappa shape index (κ2) is 5.19. The highest BCUT2D eigenvalue weighted by Crippen LogP contribution is 2.36. The topological polar surface area (TPSA) is 18.5 Å². The Morgan fingerprint density at radius 2 is 2.06 bits per heavy atom. The molecular formula is C15H22O2. The molecule has 0 N–H and O–H groups in total. The van der Waals surface area contributed by atoms with E-state index in [0.29, 0.717) is 12.5 Å². The van der Waals surface area contributed by atoms with Crippen molar-refractivity contribution in [1.29, 1.82) is 0 Å². The molecule has 1 aliphatic heterocycles. The van der Waals surface area contributed by atoms with Gasteiger partial charge in [0, 0.05) is 5.92 Å². The average molecular weight is 234 g/mol. The van der Waals surface area contributed by atoms with E-state index in [4.69, 9.17) is 9.47 Å². The normalized spacial score (nSPS) is 30.4. The first-order chi connectivity index (χ1) is 8.15. The Morgan fingerprint density at radius 3 is 2.71 bits per heavy atom. The van der Waals surface area contributed by atoms with E-state index in [2.05, 4.69) is 32.9 Å². The molecule has 1 heterocycles. The number of benzene rings is 1. The molecule has 2 rings (SSSR count). The van der Waals surface area contributed by atoms with Crippen LogP contribution in [0.25, 0.3) is 0 Å². The molecule has 3 unspecified atom stereocenters. The third-order valence-electron chi connectivity index (χ3n) is 3.49. The van der Waals surface area contributed by atoms with E-state index in [1.165, 1.54) is 12.0 Å². The van der Waals surface area contributed by atoms with Crippen molar-refractivity contribution in [3.8, 4) is 0 Å². The zero-order valence-corrected chi connectivity index (χ0v) is 11.0. The molecular weight excluding hydrogens is 212 g/mol. The summed E-state index contributed by atoms with van der Waals surface area (Å²) in [5, 5.41) is 0. The summed E-state index contributed by atoms with van der Waals surface area (Å²) in [6.07, 6.45) is 2.27. The molecule has 0 bridgehead atoms. The van der Waals surface area contributed by atoms with Crippen molar-refractivity contribution in [1.82, 2.24) is 0 Å². The first-order valence-corrected chi connectivity index (χ1v) is 6.50. The molecule has 0 aromatic heterocycles. The Kier molecular flexibility index (Phi) is 3.85. The van der Waals surface area contributed by atoms with Crippen LogP contribution in [0.5, 0.6) is 0 Å². The molecule has 94 valence electrons. The van der Waals surface area contributed by atoms with Crippen LogP contribution in [0.15, 0.2) is 30.3 Å². The average Bonchev–Trinajstić information content (AvgIpc) is 2.75. The van der Waals surface area contributed by atoms with E-state index >= 15 is 0 Å². The van der Waals surface area contributed by atoms with Crippen LogP contribution < -0.4 is 0 Å². The largest absolute Gasteiger partial charge is 0.349 e. The highest BCUT2D eigenvalue weighted by molar-refractivity contribution is 5.22. The van der Waals surface area contributed by atoms with Gasteiger partial charge < -0.3 is 9.47 Å². The van der Waals surface area contributed by atoms with Gasteiger partial charge in [-0.05, 0) is 18.9 Å². The molecule has 0 saturated carbocycles. The first-order valence-electron chi connectivity index (χ1n) is 6.50. The third kappa shape index (κ3) is 2.70. The quantitative estimate of drug-likeness (QED) is 0.790. The first kappa shape index (κ1) is 12.6. The van der Waals surface area contributed by atoms with Crippen LogP contribution in [0.4, 0.5) is 0 Å². The fourth-order valence-corrected chi connectivity index (χ4v) is 2.38. The number of ether oxygens (including phenoxy) is 2. The highest BCUT2D eigenvalue weighted by Gasteiger charge is 2.40. The van der Waals surface area contributed by atoms with Crippen molar-refractivity contribution in [2.45, 2.75) is 45.5 Å². The number of hydrogen-bond acceptors (Lipinski definition) is 2. The summed E-state index contributed by atoms with van der Waals surface area (Å²) in [4.78, 5) is 0. The summed E-state index contributed by atoms with van der Waals surface area (Å²) in [5.74, 6) is 0.463. The maximum absolute atomic E-state index is 6.13. The second-order valence-electron chi connectivity index (χ2n) is 5.16. The summed E-state index contributed by atoms with van der Waals surface area (Å²) in [6.45, 7) is 7.16. The van der Waals surface area contributed by atoms with Crippen LogP contribution in [0.1, 0.15) is 39.2 Å². The Balaban J connectivity index is 2.06. The molecule has 3 atom stereocenters. The Morgan fingerprint density at radius 1 is 1.35 bits per heavy atom. The lowest BCUT2D eigenvalue weighted by atomic mass is 9.97. The highest BCUT2D eigenvalue weighted by atomic mass is 16.7. The van der Waals surface area contributed by atoms with E-state index in [0.717, 1.165) is 6.42 Å². The zero-order chi connectivity index (χ0) is 12.3. The number of hydrogen-bond donors (Lipinski definition) is 0. The molecule has 0 amide bonds. The smallest absolute Gasteiger partial charge is 0.161 e. The predicted molar refractivity (Wildman–Crippen MR) is 68.7 cm³/mol. The van der Waals surface area contributed by atoms with Crippen LogP contribution in [-0.4, -0.2) is 12.9 Å². The zero-order valence-electron chi connectivity index (χ0n) is 11.0. The van der Waals surface area contributed by atoms with Gasteiger partial charge in [-0.1, -0.05) is 50.6 Å². The molecule has 2 heteroatoms. The summed E-state index contributed by atoms with van der Waals surface area (Å²) >= 11 is 0. The van der Waals surface area contributed by atoms with E-state index < -0.39 is 0 Å². The van der Waals surface area contributed by atoms with E-state index in [1.807, 2.05) is 18.2 Å². The molecule has 1 aromatic rings. The van der Waals surface area contributed by atoms with Crippen molar-refractivity contribution < 1.29 is 9.47 Å². The van der Waals surface area contributed by atoms with Crippen LogP contribution >= 0.6 is 0 Å².